The van der Waals surface area contributed by atoms with Gasteiger partial charge in [0.1, 0.15) is 0 Å². The van der Waals surface area contributed by atoms with Gasteiger partial charge in [-0.3, -0.25) is 0 Å². The van der Waals surface area contributed by atoms with E-state index in [0.29, 0.717) is 0 Å². The molecule has 0 aromatic heterocycles. The van der Waals surface area contributed by atoms with Crippen LogP contribution in [0.25, 0.3) is 22.3 Å². The molecule has 0 aliphatic heterocycles. The number of hydrogen-bond acceptors (Lipinski definition) is 4. The van der Waals surface area contributed by atoms with E-state index in [-0.39, 0.29) is 0 Å². The molecule has 4 nitrogen and oxygen atoms in total. The number of aryl methyl sites for hydroxylation is 6. The Kier molecular flexibility index (Phi) is 21.6. The molecule has 0 saturated carbocycles. The zero-order chi connectivity index (χ0) is 65.3. The van der Waals surface area contributed by atoms with Crippen LogP contribution < -0.4 is 19.6 Å². The summed E-state index contributed by atoms with van der Waals surface area (Å²) in [5.74, 6) is 0. The summed E-state index contributed by atoms with van der Waals surface area (Å²) in [6, 6.07) is 109. The van der Waals surface area contributed by atoms with Crippen LogP contribution in [0.1, 0.15) is 124 Å². The highest BCUT2D eigenvalue weighted by molar-refractivity contribution is 5.84. The minimum Gasteiger partial charge on any atom is -0.311 e. The van der Waals surface area contributed by atoms with Gasteiger partial charge >= 0.3 is 0 Å². The molecule has 0 atom stereocenters. The van der Waals surface area contributed by atoms with Gasteiger partial charge in [-0.2, -0.15) is 0 Å². The Bertz CT molecular complexity index is 4010. The third-order valence-corrected chi connectivity index (χ3v) is 18.6. The van der Waals surface area contributed by atoms with Crippen molar-refractivity contribution in [2.24, 2.45) is 0 Å². The monoisotopic (exact) mass is 1240 g/mol. The van der Waals surface area contributed by atoms with Gasteiger partial charge in [0.15, 0.2) is 0 Å². The molecular formula is C91H92N4. The van der Waals surface area contributed by atoms with E-state index >= 15 is 0 Å². The molecule has 0 saturated heterocycles. The Labute approximate surface area is 567 Å². The molecule has 0 spiro atoms. The van der Waals surface area contributed by atoms with Crippen molar-refractivity contribution in [2.75, 3.05) is 19.6 Å². The Balaban J connectivity index is 0.772. The van der Waals surface area contributed by atoms with Crippen molar-refractivity contribution in [3.63, 3.8) is 0 Å². The van der Waals surface area contributed by atoms with Crippen LogP contribution in [0.3, 0.4) is 0 Å². The molecule has 0 aliphatic rings. The molecule has 4 heteroatoms. The lowest BCUT2D eigenvalue weighted by Crippen LogP contribution is -2.10. The van der Waals surface area contributed by atoms with Crippen LogP contribution in [0.4, 0.5) is 68.2 Å². The summed E-state index contributed by atoms with van der Waals surface area (Å²) in [4.78, 5) is 9.51. The van der Waals surface area contributed by atoms with Gasteiger partial charge in [-0.25, -0.2) is 0 Å². The molecular weight excluding hydrogens is 1150 g/mol. The Morgan fingerprint density at radius 3 is 0.495 bits per heavy atom. The average Bonchev–Trinajstić information content (AvgIpc) is 0.995. The first-order chi connectivity index (χ1) is 46.7. The summed E-state index contributed by atoms with van der Waals surface area (Å²) in [5, 5.41) is 0. The number of benzene rings is 12. The second-order valence-electron chi connectivity index (χ2n) is 25.8. The summed E-state index contributed by atoms with van der Waals surface area (Å²) in [6.07, 6.45) is 14.8. The minimum atomic E-state index is 0.821. The van der Waals surface area contributed by atoms with Crippen molar-refractivity contribution >= 4 is 68.2 Å². The summed E-state index contributed by atoms with van der Waals surface area (Å²) < 4.78 is 0. The second-order valence-corrected chi connectivity index (χ2v) is 25.8. The van der Waals surface area contributed by atoms with Crippen LogP contribution in [-0.2, 0) is 32.1 Å². The van der Waals surface area contributed by atoms with Gasteiger partial charge < -0.3 is 19.6 Å². The lowest BCUT2D eigenvalue weighted by atomic mass is 10.0. The molecule has 12 aromatic rings. The van der Waals surface area contributed by atoms with Crippen molar-refractivity contribution < 1.29 is 0 Å². The van der Waals surface area contributed by atoms with E-state index in [4.69, 9.17) is 0 Å². The summed E-state index contributed by atoms with van der Waals surface area (Å²) in [7, 11) is 0. The van der Waals surface area contributed by atoms with E-state index in [9.17, 15) is 0 Å². The van der Waals surface area contributed by atoms with Crippen LogP contribution in [0, 0.1) is 13.8 Å². The van der Waals surface area contributed by atoms with Crippen LogP contribution in [-0.4, -0.2) is 0 Å². The normalized spacial score (nSPS) is 11.2. The molecule has 0 radical (unpaired) electrons. The third kappa shape index (κ3) is 16.3. The number of anilines is 12. The van der Waals surface area contributed by atoms with Crippen molar-refractivity contribution in [2.45, 2.75) is 125 Å². The topological polar surface area (TPSA) is 13.0 Å². The molecule has 0 aliphatic carbocycles. The largest absolute Gasteiger partial charge is 0.311 e. The van der Waals surface area contributed by atoms with Crippen molar-refractivity contribution in [1.82, 2.24) is 0 Å². The van der Waals surface area contributed by atoms with Crippen molar-refractivity contribution in [3.05, 3.63) is 336 Å². The minimum absolute atomic E-state index is 0.821. The third-order valence-electron chi connectivity index (χ3n) is 18.6. The second kappa shape index (κ2) is 31.6. The van der Waals surface area contributed by atoms with Gasteiger partial charge in [0.25, 0.3) is 0 Å². The van der Waals surface area contributed by atoms with Crippen molar-refractivity contribution in [3.8, 4) is 22.3 Å². The number of nitrogens with zero attached hydrogens (tertiary/aromatic N) is 4. The molecule has 12 rings (SSSR count). The van der Waals surface area contributed by atoms with E-state index in [2.05, 4.69) is 352 Å². The highest BCUT2D eigenvalue weighted by Gasteiger charge is 2.19. The molecule has 0 heterocycles. The molecule has 0 N–H and O–H groups in total. The standard InChI is InChI=1S/C91H92N4/c1-7-11-15-70-23-47-82(48-24-70)92(80-43-19-68(5)20-44-80)88-59-35-76(36-60-88)78-39-63-90(64-40-78)94(84-51-27-72(28-52-84)17-13-9-3)86-55-31-74(32-56-86)67-75-33-57-87(58-34-75)95(85-53-29-73(30-54-85)18-14-10-4)91-65-41-79(42-66-91)77-37-61-89(62-38-77)93(81-45-21-69(6)22-46-81)83-49-25-71(26-50-83)16-12-8-2/h19-66H,7-18,67H2,1-6H3. The first-order valence-electron chi connectivity index (χ1n) is 35.0. The van der Waals surface area contributed by atoms with E-state index in [1.807, 2.05) is 0 Å². The molecule has 0 fully saturated rings. The highest BCUT2D eigenvalue weighted by atomic mass is 15.2. The van der Waals surface area contributed by atoms with Crippen LogP contribution in [0.15, 0.2) is 291 Å². The zero-order valence-corrected chi connectivity index (χ0v) is 56.7. The molecule has 95 heavy (non-hydrogen) atoms. The first kappa shape index (κ1) is 64.9. The maximum Gasteiger partial charge on any atom is 0.0462 e. The predicted octanol–water partition coefficient (Wildman–Crippen LogP) is 26.5. The number of rotatable bonds is 28. The number of unbranched alkanes of at least 4 members (excludes halogenated alkanes) is 4. The smallest absolute Gasteiger partial charge is 0.0462 e. The SMILES string of the molecule is CCCCc1ccc(N(c2ccc(C)cc2)c2ccc(-c3ccc(N(c4ccc(CCCC)cc4)c4ccc(Cc5ccc(N(c6ccc(CCCC)cc6)c6ccc(-c7ccc(N(c8ccc(C)cc8)c8ccc(CCCC)cc8)cc7)cc6)cc5)cc4)cc3)cc2)cc1. The fourth-order valence-electron chi connectivity index (χ4n) is 12.9. The summed E-state index contributed by atoms with van der Waals surface area (Å²) in [5.41, 5.74) is 28.9. The zero-order valence-electron chi connectivity index (χ0n) is 56.7. The summed E-state index contributed by atoms with van der Waals surface area (Å²) in [6.45, 7) is 13.3. The van der Waals surface area contributed by atoms with Crippen LogP contribution in [0.5, 0.6) is 0 Å². The van der Waals surface area contributed by atoms with Gasteiger partial charge in [0, 0.05) is 68.2 Å². The summed E-state index contributed by atoms with van der Waals surface area (Å²) >= 11 is 0. The lowest BCUT2D eigenvalue weighted by molar-refractivity contribution is 0.795. The molecule has 476 valence electrons. The maximum atomic E-state index is 2.39. The van der Waals surface area contributed by atoms with Gasteiger partial charge in [-0.05, 0) is 273 Å². The fourth-order valence-corrected chi connectivity index (χ4v) is 12.9. The molecule has 0 amide bonds. The van der Waals surface area contributed by atoms with E-state index in [1.54, 1.807) is 0 Å². The predicted molar refractivity (Wildman–Crippen MR) is 409 cm³/mol. The van der Waals surface area contributed by atoms with Gasteiger partial charge in [0.2, 0.25) is 0 Å². The van der Waals surface area contributed by atoms with Crippen LogP contribution in [0.2, 0.25) is 0 Å². The Morgan fingerprint density at radius 1 is 0.179 bits per heavy atom. The highest BCUT2D eigenvalue weighted by Crippen LogP contribution is 2.42. The first-order valence-corrected chi connectivity index (χ1v) is 35.0. The van der Waals surface area contributed by atoms with Gasteiger partial charge in [-0.1, -0.05) is 210 Å². The fraction of sp³-hybridized carbons (Fsp3) is 0.209. The van der Waals surface area contributed by atoms with Gasteiger partial charge in [-0.15, -0.1) is 0 Å². The van der Waals surface area contributed by atoms with E-state index in [1.165, 1.54) is 118 Å². The maximum absolute atomic E-state index is 2.39. The van der Waals surface area contributed by atoms with E-state index in [0.717, 1.165) is 100 Å². The Morgan fingerprint density at radius 2 is 0.326 bits per heavy atom. The van der Waals surface area contributed by atoms with Crippen LogP contribution >= 0.6 is 0 Å². The molecule has 0 bridgehead atoms. The van der Waals surface area contributed by atoms with Crippen molar-refractivity contribution in [1.29, 1.82) is 0 Å². The number of hydrogen-bond donors (Lipinski definition) is 0. The average molecular weight is 1240 g/mol. The Hall–Kier alpha value is -10.2. The van der Waals surface area contributed by atoms with Gasteiger partial charge in [0.05, 0.1) is 0 Å². The molecule has 12 aromatic carbocycles. The quantitative estimate of drug-likeness (QED) is 0.0484. The lowest BCUT2D eigenvalue weighted by Gasteiger charge is -2.27. The van der Waals surface area contributed by atoms with E-state index < -0.39 is 0 Å². The molecule has 0 unspecified atom stereocenters.